The van der Waals surface area contributed by atoms with Gasteiger partial charge in [-0.25, -0.2) is 0 Å². The maximum atomic E-state index is 5.49. The number of rotatable bonds is 5. The van der Waals surface area contributed by atoms with Gasteiger partial charge in [-0.3, -0.25) is 9.58 Å². The van der Waals surface area contributed by atoms with E-state index in [1.807, 2.05) is 10.7 Å². The molecule has 4 rings (SSSR count). The third-order valence-corrected chi connectivity index (χ3v) is 4.66. The van der Waals surface area contributed by atoms with Crippen LogP contribution in [0.15, 0.2) is 24.4 Å². The Kier molecular flexibility index (Phi) is 4.16. The Balaban J connectivity index is 1.53. The number of hydrogen-bond acceptors (Lipinski definition) is 5. The fourth-order valence-electron chi connectivity index (χ4n) is 3.56. The molecule has 0 aliphatic carbocycles. The van der Waals surface area contributed by atoms with Gasteiger partial charge in [0.1, 0.15) is 0 Å². The molecule has 1 aromatic carbocycles. The van der Waals surface area contributed by atoms with Crippen LogP contribution in [0.1, 0.15) is 29.7 Å². The molecule has 3 heterocycles. The summed E-state index contributed by atoms with van der Waals surface area (Å²) in [4.78, 5) is 2.45. The van der Waals surface area contributed by atoms with Crippen LogP contribution >= 0.6 is 0 Å². The second-order valence-corrected chi connectivity index (χ2v) is 6.40. The molecule has 1 unspecified atom stereocenters. The minimum atomic E-state index is 0.317. The van der Waals surface area contributed by atoms with Crippen LogP contribution < -0.4 is 9.47 Å². The first-order valence-corrected chi connectivity index (χ1v) is 8.43. The molecule has 128 valence electrons. The van der Waals surface area contributed by atoms with Gasteiger partial charge in [0.25, 0.3) is 0 Å². The summed E-state index contributed by atoms with van der Waals surface area (Å²) in [6.07, 6.45) is 2.17. The van der Waals surface area contributed by atoms with Crippen LogP contribution in [0.25, 0.3) is 0 Å². The third-order valence-electron chi connectivity index (χ3n) is 4.66. The molecule has 0 amide bonds. The molecule has 0 bridgehead atoms. The highest BCUT2D eigenvalue weighted by Crippen LogP contribution is 2.34. The number of aryl methyl sites for hydroxylation is 1. The summed E-state index contributed by atoms with van der Waals surface area (Å²) in [6.45, 7) is 6.79. The molecule has 6 nitrogen and oxygen atoms in total. The highest BCUT2D eigenvalue weighted by Gasteiger charge is 2.28. The first-order valence-electron chi connectivity index (χ1n) is 8.43. The summed E-state index contributed by atoms with van der Waals surface area (Å²) >= 11 is 0. The number of ether oxygens (including phenoxy) is 3. The number of fused-ring (bicyclic) bond motifs is 2. The van der Waals surface area contributed by atoms with Crippen molar-refractivity contribution in [2.24, 2.45) is 0 Å². The second-order valence-electron chi connectivity index (χ2n) is 6.40. The zero-order valence-electron chi connectivity index (χ0n) is 14.2. The van der Waals surface area contributed by atoms with E-state index < -0.39 is 0 Å². The molecule has 1 aromatic heterocycles. The topological polar surface area (TPSA) is 48.8 Å². The smallest absolute Gasteiger partial charge is 0.231 e. The Morgan fingerprint density at radius 3 is 3.00 bits per heavy atom. The molecule has 2 aliphatic rings. The van der Waals surface area contributed by atoms with Crippen LogP contribution in [0.5, 0.6) is 11.5 Å². The Morgan fingerprint density at radius 2 is 2.17 bits per heavy atom. The quantitative estimate of drug-likeness (QED) is 0.843. The van der Waals surface area contributed by atoms with Crippen molar-refractivity contribution in [3.8, 4) is 11.5 Å². The number of methoxy groups -OCH3 is 1. The maximum Gasteiger partial charge on any atom is 0.231 e. The summed E-state index contributed by atoms with van der Waals surface area (Å²) < 4.78 is 18.3. The van der Waals surface area contributed by atoms with Gasteiger partial charge in [0.15, 0.2) is 11.5 Å². The minimum absolute atomic E-state index is 0.317. The minimum Gasteiger partial charge on any atom is -0.454 e. The Bertz CT molecular complexity index is 728. The first-order chi connectivity index (χ1) is 11.8. The largest absolute Gasteiger partial charge is 0.454 e. The molecule has 0 spiro atoms. The zero-order valence-corrected chi connectivity index (χ0v) is 14.2. The molecule has 0 N–H and O–H groups in total. The van der Waals surface area contributed by atoms with Gasteiger partial charge in [-0.15, -0.1) is 0 Å². The molecule has 2 aromatic rings. The second kappa shape index (κ2) is 6.45. The average molecular weight is 329 g/mol. The van der Waals surface area contributed by atoms with E-state index >= 15 is 0 Å². The highest BCUT2D eigenvalue weighted by molar-refractivity contribution is 5.44. The van der Waals surface area contributed by atoms with Gasteiger partial charge in [0.2, 0.25) is 6.79 Å². The monoisotopic (exact) mass is 329 g/mol. The number of aromatic nitrogens is 2. The van der Waals surface area contributed by atoms with Gasteiger partial charge in [-0.1, -0.05) is 6.07 Å². The van der Waals surface area contributed by atoms with E-state index in [2.05, 4.69) is 30.2 Å². The summed E-state index contributed by atoms with van der Waals surface area (Å²) in [5.74, 6) is 2.00. The van der Waals surface area contributed by atoms with Gasteiger partial charge in [-0.05, 0) is 24.6 Å². The number of hydrogen-bond donors (Lipinski definition) is 0. The number of benzene rings is 1. The molecule has 24 heavy (non-hydrogen) atoms. The van der Waals surface area contributed by atoms with E-state index in [1.54, 1.807) is 7.11 Å². The van der Waals surface area contributed by atoms with Crippen LogP contribution in [-0.4, -0.2) is 41.7 Å². The Morgan fingerprint density at radius 1 is 1.29 bits per heavy atom. The van der Waals surface area contributed by atoms with E-state index in [9.17, 15) is 0 Å². The first kappa shape index (κ1) is 15.5. The lowest BCUT2D eigenvalue weighted by Crippen LogP contribution is -2.34. The van der Waals surface area contributed by atoms with E-state index in [1.165, 1.54) is 16.8 Å². The summed E-state index contributed by atoms with van der Waals surface area (Å²) in [5, 5.41) is 4.73. The zero-order chi connectivity index (χ0) is 16.5. The molecule has 1 atom stereocenters. The predicted octanol–water partition coefficient (Wildman–Crippen LogP) is 2.38. The summed E-state index contributed by atoms with van der Waals surface area (Å²) in [7, 11) is 1.76. The van der Waals surface area contributed by atoms with Crippen LogP contribution in [0, 0.1) is 0 Å². The summed E-state index contributed by atoms with van der Waals surface area (Å²) in [5.41, 5.74) is 3.74. The molecule has 0 saturated carbocycles. The van der Waals surface area contributed by atoms with Crippen molar-refractivity contribution in [3.05, 3.63) is 41.2 Å². The molecule has 0 saturated heterocycles. The number of nitrogens with zero attached hydrogens (tertiary/aromatic N) is 3. The molecule has 0 fully saturated rings. The SMILES string of the molecule is CCn1cc2c(n1)C(COC)CN(Cc1ccc3c(c1)OCO3)C2. The van der Waals surface area contributed by atoms with Gasteiger partial charge in [0.05, 0.1) is 12.3 Å². The lowest BCUT2D eigenvalue weighted by molar-refractivity contribution is 0.134. The average Bonchev–Trinajstić information content (AvgIpc) is 3.20. The van der Waals surface area contributed by atoms with Crippen LogP contribution in [-0.2, 0) is 24.4 Å². The van der Waals surface area contributed by atoms with Gasteiger partial charge < -0.3 is 14.2 Å². The fraction of sp³-hybridized carbons (Fsp3) is 0.500. The maximum absolute atomic E-state index is 5.49. The van der Waals surface area contributed by atoms with Crippen molar-refractivity contribution in [2.45, 2.75) is 32.5 Å². The van der Waals surface area contributed by atoms with Crippen molar-refractivity contribution in [1.82, 2.24) is 14.7 Å². The van der Waals surface area contributed by atoms with Crippen LogP contribution in [0.4, 0.5) is 0 Å². The fourth-order valence-corrected chi connectivity index (χ4v) is 3.56. The van der Waals surface area contributed by atoms with E-state index in [0.29, 0.717) is 19.3 Å². The van der Waals surface area contributed by atoms with E-state index in [4.69, 9.17) is 19.3 Å². The molecular weight excluding hydrogens is 306 g/mol. The third kappa shape index (κ3) is 2.87. The van der Waals surface area contributed by atoms with E-state index in [0.717, 1.165) is 37.7 Å². The predicted molar refractivity (Wildman–Crippen MR) is 89.2 cm³/mol. The summed E-state index contributed by atoms with van der Waals surface area (Å²) in [6, 6.07) is 6.19. The normalized spacial score (nSPS) is 19.5. The van der Waals surface area contributed by atoms with Crippen molar-refractivity contribution in [1.29, 1.82) is 0 Å². The van der Waals surface area contributed by atoms with Crippen LogP contribution in [0.3, 0.4) is 0 Å². The van der Waals surface area contributed by atoms with E-state index in [-0.39, 0.29) is 0 Å². The standard InChI is InChI=1S/C18H23N3O3/c1-3-21-10-14-8-20(9-15(11-22-2)18(14)19-21)7-13-4-5-16-17(6-13)24-12-23-16/h4-6,10,15H,3,7-9,11-12H2,1-2H3. The molecule has 6 heteroatoms. The molecule has 2 aliphatic heterocycles. The van der Waals surface area contributed by atoms with Gasteiger partial charge in [-0.2, -0.15) is 5.10 Å². The lowest BCUT2D eigenvalue weighted by Gasteiger charge is -2.31. The molecular formula is C18H23N3O3. The molecule has 0 radical (unpaired) electrons. The Labute approximate surface area is 141 Å². The van der Waals surface area contributed by atoms with Crippen molar-refractivity contribution >= 4 is 0 Å². The van der Waals surface area contributed by atoms with Crippen molar-refractivity contribution < 1.29 is 14.2 Å². The van der Waals surface area contributed by atoms with Gasteiger partial charge in [0, 0.05) is 51.0 Å². The highest BCUT2D eigenvalue weighted by atomic mass is 16.7. The van der Waals surface area contributed by atoms with Crippen molar-refractivity contribution in [3.63, 3.8) is 0 Å². The van der Waals surface area contributed by atoms with Crippen molar-refractivity contribution in [2.75, 3.05) is 27.1 Å². The van der Waals surface area contributed by atoms with Crippen LogP contribution in [0.2, 0.25) is 0 Å². The lowest BCUT2D eigenvalue weighted by atomic mass is 9.97. The van der Waals surface area contributed by atoms with Gasteiger partial charge >= 0.3 is 0 Å². The Hall–Kier alpha value is -2.05.